The predicted octanol–water partition coefficient (Wildman–Crippen LogP) is -0.677. The van der Waals surface area contributed by atoms with Crippen LogP contribution in [0.2, 0.25) is 0 Å². The Hall–Kier alpha value is -0.660. The minimum atomic E-state index is -3.42. The first-order chi connectivity index (χ1) is 7.76. The van der Waals surface area contributed by atoms with E-state index in [2.05, 4.69) is 10.1 Å². The van der Waals surface area contributed by atoms with Crippen molar-refractivity contribution in [3.63, 3.8) is 0 Å². The van der Waals surface area contributed by atoms with Crippen LogP contribution in [0.25, 0.3) is 0 Å². The van der Waals surface area contributed by atoms with Gasteiger partial charge in [-0.2, -0.15) is 0 Å². The largest absolute Gasteiger partial charge is 0.469 e. The monoisotopic (exact) mass is 267 g/mol. The predicted molar refractivity (Wildman–Crippen MR) is 64.4 cm³/mol. The standard InChI is InChI=1S/C10H21NO5S/c1-8(2)11-6-9(12)7-17(14,15)5-4-10(13)16-3/h8-9,11-12H,4-7H2,1-3H3. The summed E-state index contributed by atoms with van der Waals surface area (Å²) in [6.45, 7) is 4.02. The Morgan fingerprint density at radius 2 is 2.00 bits per heavy atom. The van der Waals surface area contributed by atoms with E-state index in [1.54, 1.807) is 0 Å². The lowest BCUT2D eigenvalue weighted by Crippen LogP contribution is -2.36. The second-order valence-electron chi connectivity index (χ2n) is 4.16. The summed E-state index contributed by atoms with van der Waals surface area (Å²) in [5.41, 5.74) is 0. The van der Waals surface area contributed by atoms with E-state index in [-0.39, 0.29) is 30.5 Å². The Balaban J connectivity index is 4.03. The molecule has 0 aromatic rings. The fraction of sp³-hybridized carbons (Fsp3) is 0.900. The average molecular weight is 267 g/mol. The summed E-state index contributed by atoms with van der Waals surface area (Å²) in [5, 5.41) is 12.4. The molecule has 0 heterocycles. The number of carbonyl (C=O) groups excluding carboxylic acids is 1. The van der Waals surface area contributed by atoms with Gasteiger partial charge in [-0.05, 0) is 0 Å². The number of carbonyl (C=O) groups is 1. The first kappa shape index (κ1) is 16.3. The van der Waals surface area contributed by atoms with E-state index in [1.807, 2.05) is 13.8 Å². The van der Waals surface area contributed by atoms with Gasteiger partial charge in [0.15, 0.2) is 9.84 Å². The minimum Gasteiger partial charge on any atom is -0.469 e. The molecule has 0 rings (SSSR count). The van der Waals surface area contributed by atoms with Gasteiger partial charge in [-0.25, -0.2) is 8.42 Å². The summed E-state index contributed by atoms with van der Waals surface area (Å²) < 4.78 is 27.4. The molecule has 0 bridgehead atoms. The highest BCUT2D eigenvalue weighted by molar-refractivity contribution is 7.91. The van der Waals surface area contributed by atoms with Crippen molar-refractivity contribution in [2.24, 2.45) is 0 Å². The number of rotatable bonds is 8. The van der Waals surface area contributed by atoms with Crippen molar-refractivity contribution in [1.82, 2.24) is 5.32 Å². The van der Waals surface area contributed by atoms with Gasteiger partial charge in [0, 0.05) is 12.6 Å². The maximum absolute atomic E-state index is 11.5. The van der Waals surface area contributed by atoms with Crippen molar-refractivity contribution in [3.05, 3.63) is 0 Å². The molecular weight excluding hydrogens is 246 g/mol. The molecule has 1 atom stereocenters. The van der Waals surface area contributed by atoms with E-state index in [0.717, 1.165) is 0 Å². The number of aliphatic hydroxyl groups excluding tert-OH is 1. The molecule has 0 aliphatic carbocycles. The number of nitrogens with one attached hydrogen (secondary N) is 1. The van der Waals surface area contributed by atoms with Crippen molar-refractivity contribution in [2.75, 3.05) is 25.2 Å². The summed E-state index contributed by atoms with van der Waals surface area (Å²) in [7, 11) is -2.22. The van der Waals surface area contributed by atoms with E-state index in [4.69, 9.17) is 0 Å². The third kappa shape index (κ3) is 9.08. The first-order valence-corrected chi connectivity index (χ1v) is 7.27. The smallest absolute Gasteiger partial charge is 0.306 e. The molecule has 0 aliphatic rings. The summed E-state index contributed by atoms with van der Waals surface area (Å²) in [6, 6.07) is 0.183. The lowest BCUT2D eigenvalue weighted by molar-refractivity contribution is -0.140. The topological polar surface area (TPSA) is 92.7 Å². The number of ether oxygens (including phenoxy) is 1. The highest BCUT2D eigenvalue weighted by Gasteiger charge is 2.18. The Bertz CT molecular complexity index is 326. The van der Waals surface area contributed by atoms with Gasteiger partial charge >= 0.3 is 5.97 Å². The summed E-state index contributed by atoms with van der Waals surface area (Å²) in [6.07, 6.45) is -1.14. The van der Waals surface area contributed by atoms with Gasteiger partial charge in [0.1, 0.15) is 0 Å². The molecule has 0 saturated carbocycles. The van der Waals surface area contributed by atoms with Crippen LogP contribution in [0.3, 0.4) is 0 Å². The van der Waals surface area contributed by atoms with Crippen LogP contribution in [-0.4, -0.2) is 56.8 Å². The first-order valence-electron chi connectivity index (χ1n) is 5.45. The highest BCUT2D eigenvalue weighted by atomic mass is 32.2. The number of sulfone groups is 1. The maximum atomic E-state index is 11.5. The molecule has 7 heteroatoms. The highest BCUT2D eigenvalue weighted by Crippen LogP contribution is 1.99. The van der Waals surface area contributed by atoms with Crippen molar-refractivity contribution < 1.29 is 23.1 Å². The molecule has 0 saturated heterocycles. The maximum Gasteiger partial charge on any atom is 0.306 e. The van der Waals surface area contributed by atoms with Gasteiger partial charge in [-0.15, -0.1) is 0 Å². The molecule has 0 fully saturated rings. The molecule has 0 aliphatic heterocycles. The number of esters is 1. The van der Waals surface area contributed by atoms with E-state index in [9.17, 15) is 18.3 Å². The zero-order chi connectivity index (χ0) is 13.5. The Morgan fingerprint density at radius 1 is 1.41 bits per heavy atom. The lowest BCUT2D eigenvalue weighted by Gasteiger charge is -2.14. The molecule has 17 heavy (non-hydrogen) atoms. The van der Waals surface area contributed by atoms with E-state index in [1.165, 1.54) is 7.11 Å². The molecule has 0 radical (unpaired) electrons. The third-order valence-corrected chi connectivity index (χ3v) is 3.77. The number of aliphatic hydroxyl groups is 1. The summed E-state index contributed by atoms with van der Waals surface area (Å²) in [5.74, 6) is -1.20. The van der Waals surface area contributed by atoms with E-state index in [0.29, 0.717) is 0 Å². The minimum absolute atomic E-state index is 0.177. The second kappa shape index (κ2) is 7.62. The van der Waals surface area contributed by atoms with Crippen LogP contribution in [0.1, 0.15) is 20.3 Å². The van der Waals surface area contributed by atoms with Gasteiger partial charge in [-0.1, -0.05) is 13.8 Å². The van der Waals surface area contributed by atoms with Crippen LogP contribution in [0.15, 0.2) is 0 Å². The fourth-order valence-corrected chi connectivity index (χ4v) is 2.50. The van der Waals surface area contributed by atoms with Crippen LogP contribution in [-0.2, 0) is 19.4 Å². The van der Waals surface area contributed by atoms with E-state index >= 15 is 0 Å². The average Bonchev–Trinajstić information content (AvgIpc) is 2.22. The second-order valence-corrected chi connectivity index (χ2v) is 6.39. The Morgan fingerprint density at radius 3 is 2.47 bits per heavy atom. The molecule has 0 aromatic carbocycles. The van der Waals surface area contributed by atoms with Crippen molar-refractivity contribution >= 4 is 15.8 Å². The zero-order valence-electron chi connectivity index (χ0n) is 10.5. The molecule has 1 unspecified atom stereocenters. The SMILES string of the molecule is COC(=O)CCS(=O)(=O)CC(O)CNC(C)C. The summed E-state index contributed by atoms with van der Waals surface area (Å²) >= 11 is 0. The van der Waals surface area contributed by atoms with Crippen LogP contribution in [0.5, 0.6) is 0 Å². The quantitative estimate of drug-likeness (QED) is 0.566. The van der Waals surface area contributed by atoms with Gasteiger partial charge in [0.25, 0.3) is 0 Å². The van der Waals surface area contributed by atoms with E-state index < -0.39 is 21.9 Å². The Labute approximate surface area is 102 Å². The zero-order valence-corrected chi connectivity index (χ0v) is 11.3. The van der Waals surface area contributed by atoms with Crippen LogP contribution >= 0.6 is 0 Å². The lowest BCUT2D eigenvalue weighted by atomic mass is 10.3. The molecule has 0 spiro atoms. The van der Waals surface area contributed by atoms with Crippen molar-refractivity contribution in [1.29, 1.82) is 0 Å². The summed E-state index contributed by atoms with van der Waals surface area (Å²) in [4.78, 5) is 10.8. The van der Waals surface area contributed by atoms with Gasteiger partial charge < -0.3 is 15.2 Å². The Kier molecular flexibility index (Phi) is 7.33. The van der Waals surface area contributed by atoms with Crippen LogP contribution in [0, 0.1) is 0 Å². The third-order valence-electron chi connectivity index (χ3n) is 2.05. The molecule has 0 amide bonds. The van der Waals surface area contributed by atoms with Crippen molar-refractivity contribution in [3.8, 4) is 0 Å². The molecule has 2 N–H and O–H groups in total. The van der Waals surface area contributed by atoms with Crippen molar-refractivity contribution in [2.45, 2.75) is 32.4 Å². The van der Waals surface area contributed by atoms with Gasteiger partial charge in [0.2, 0.25) is 0 Å². The van der Waals surface area contributed by atoms with Gasteiger partial charge in [-0.3, -0.25) is 4.79 Å². The van der Waals surface area contributed by atoms with Crippen LogP contribution in [0.4, 0.5) is 0 Å². The molecule has 6 nitrogen and oxygen atoms in total. The molecular formula is C10H21NO5S. The number of hydrogen-bond donors (Lipinski definition) is 2. The molecule has 0 aromatic heterocycles. The number of hydrogen-bond acceptors (Lipinski definition) is 6. The molecule has 102 valence electrons. The number of methoxy groups -OCH3 is 1. The normalized spacial score (nSPS) is 13.7. The van der Waals surface area contributed by atoms with Gasteiger partial charge in [0.05, 0.1) is 31.1 Å². The van der Waals surface area contributed by atoms with Crippen LogP contribution < -0.4 is 5.32 Å². The fourth-order valence-electron chi connectivity index (χ4n) is 1.15.